The van der Waals surface area contributed by atoms with Gasteiger partial charge in [0.25, 0.3) is 0 Å². The van der Waals surface area contributed by atoms with E-state index in [1.807, 2.05) is 25.8 Å². The summed E-state index contributed by atoms with van der Waals surface area (Å²) >= 11 is 1.35. The molecule has 0 aromatic rings. The third kappa shape index (κ3) is 4.15. The van der Waals surface area contributed by atoms with Crippen LogP contribution in [0.1, 0.15) is 33.6 Å². The molecule has 1 aliphatic rings. The van der Waals surface area contributed by atoms with Crippen molar-refractivity contribution in [1.29, 1.82) is 5.26 Å². The van der Waals surface area contributed by atoms with Gasteiger partial charge in [-0.1, -0.05) is 13.8 Å². The van der Waals surface area contributed by atoms with E-state index in [2.05, 4.69) is 11.9 Å². The molecule has 0 bridgehead atoms. The van der Waals surface area contributed by atoms with E-state index in [1.165, 1.54) is 11.4 Å². The fraction of sp³-hybridized carbons (Fsp3) is 0.833. The van der Waals surface area contributed by atoms with E-state index in [0.717, 1.165) is 19.4 Å². The smallest absolute Gasteiger partial charge is 0.345 e. The number of nitrogens with zero attached hydrogens (tertiary/aromatic N) is 4. The largest absolute Gasteiger partial charge is 0.356 e. The standard InChI is InChI=1S/C12H23N4O2PS/c1-5-11(3)20-19(17,18-6-2)16-9-7-8-15(4)12(16)14-10-13/h11H,5-9H2,1-4H3. The number of guanidine groups is 1. The van der Waals surface area contributed by atoms with E-state index >= 15 is 0 Å². The molecule has 0 radical (unpaired) electrons. The molecular weight excluding hydrogens is 295 g/mol. The van der Waals surface area contributed by atoms with Crippen molar-refractivity contribution in [3.63, 3.8) is 0 Å². The third-order valence-electron chi connectivity index (χ3n) is 3.06. The summed E-state index contributed by atoms with van der Waals surface area (Å²) in [6.07, 6.45) is 3.58. The summed E-state index contributed by atoms with van der Waals surface area (Å²) in [7, 11) is 1.85. The molecule has 1 heterocycles. The first-order valence-corrected chi connectivity index (χ1v) is 9.93. The van der Waals surface area contributed by atoms with Gasteiger partial charge in [0, 0.05) is 25.4 Å². The molecule has 6 nitrogen and oxygen atoms in total. The van der Waals surface area contributed by atoms with Crippen LogP contribution in [0.5, 0.6) is 0 Å². The summed E-state index contributed by atoms with van der Waals surface area (Å²) in [5.74, 6) is 0.450. The Morgan fingerprint density at radius 2 is 2.25 bits per heavy atom. The van der Waals surface area contributed by atoms with Crippen molar-refractivity contribution in [2.45, 2.75) is 38.9 Å². The highest BCUT2D eigenvalue weighted by Crippen LogP contribution is 2.65. The van der Waals surface area contributed by atoms with Crippen LogP contribution in [-0.2, 0) is 9.09 Å². The van der Waals surface area contributed by atoms with E-state index in [9.17, 15) is 4.57 Å². The summed E-state index contributed by atoms with van der Waals surface area (Å²) in [5, 5.41) is 9.07. The lowest BCUT2D eigenvalue weighted by Crippen LogP contribution is -2.46. The molecule has 1 rings (SSSR count). The molecule has 8 heteroatoms. The Labute approximate surface area is 125 Å². The van der Waals surface area contributed by atoms with Crippen molar-refractivity contribution < 1.29 is 9.09 Å². The average Bonchev–Trinajstić information content (AvgIpc) is 2.41. The molecular formula is C12H23N4O2PS. The van der Waals surface area contributed by atoms with E-state index in [-0.39, 0.29) is 5.25 Å². The highest BCUT2D eigenvalue weighted by molar-refractivity contribution is 8.56. The van der Waals surface area contributed by atoms with Gasteiger partial charge in [-0.3, -0.25) is 9.24 Å². The van der Waals surface area contributed by atoms with Gasteiger partial charge >= 0.3 is 6.72 Å². The Morgan fingerprint density at radius 3 is 2.80 bits per heavy atom. The first kappa shape index (κ1) is 17.4. The van der Waals surface area contributed by atoms with Gasteiger partial charge in [0.05, 0.1) is 6.61 Å². The number of hydrogen-bond acceptors (Lipinski definition) is 5. The molecule has 0 saturated carbocycles. The number of hydrogen-bond donors (Lipinski definition) is 0. The highest BCUT2D eigenvalue weighted by Gasteiger charge is 2.39. The van der Waals surface area contributed by atoms with Gasteiger partial charge in [-0.2, -0.15) is 5.26 Å². The predicted molar refractivity (Wildman–Crippen MR) is 83.6 cm³/mol. The van der Waals surface area contributed by atoms with Crippen molar-refractivity contribution in [2.75, 3.05) is 26.7 Å². The lowest BCUT2D eigenvalue weighted by atomic mass is 10.3. The quantitative estimate of drug-likeness (QED) is 0.553. The maximum Gasteiger partial charge on any atom is 0.356 e. The van der Waals surface area contributed by atoms with Gasteiger partial charge in [0.1, 0.15) is 0 Å². The maximum atomic E-state index is 13.2. The lowest BCUT2D eigenvalue weighted by molar-refractivity contribution is 0.287. The topological polar surface area (TPSA) is 68.9 Å². The van der Waals surface area contributed by atoms with Crippen LogP contribution in [0.25, 0.3) is 0 Å². The first-order chi connectivity index (χ1) is 9.48. The molecule has 0 aromatic heterocycles. The zero-order chi connectivity index (χ0) is 15.2. The van der Waals surface area contributed by atoms with Gasteiger partial charge in [-0.25, -0.2) is 0 Å². The molecule has 1 saturated heterocycles. The molecule has 0 amide bonds. The Kier molecular flexibility index (Phi) is 6.87. The number of rotatable bonds is 6. The van der Waals surface area contributed by atoms with Gasteiger partial charge in [0.15, 0.2) is 0 Å². The molecule has 114 valence electrons. The summed E-state index contributed by atoms with van der Waals surface area (Å²) in [6.45, 7) is 4.64. The summed E-state index contributed by atoms with van der Waals surface area (Å²) in [6, 6.07) is 0. The molecule has 2 unspecified atom stereocenters. The van der Waals surface area contributed by atoms with Crippen LogP contribution >= 0.6 is 18.1 Å². The molecule has 1 aliphatic heterocycles. The predicted octanol–water partition coefficient (Wildman–Crippen LogP) is 3.14. The van der Waals surface area contributed by atoms with Crippen molar-refractivity contribution in [3.8, 4) is 6.19 Å². The zero-order valence-corrected chi connectivity index (χ0v) is 14.3. The minimum atomic E-state index is -3.06. The van der Waals surface area contributed by atoms with E-state index in [4.69, 9.17) is 9.79 Å². The van der Waals surface area contributed by atoms with Gasteiger partial charge in [-0.05, 0) is 31.1 Å². The van der Waals surface area contributed by atoms with Gasteiger partial charge in [-0.15, -0.1) is 4.99 Å². The SMILES string of the molecule is CCOP(=O)(SC(C)CC)N1CCCN(C)C1=NC#N. The highest BCUT2D eigenvalue weighted by atomic mass is 32.7. The van der Waals surface area contributed by atoms with Crippen LogP contribution in [-0.4, -0.2) is 47.5 Å². The van der Waals surface area contributed by atoms with Gasteiger partial charge < -0.3 is 9.42 Å². The van der Waals surface area contributed by atoms with Crippen LogP contribution in [0.2, 0.25) is 0 Å². The molecule has 20 heavy (non-hydrogen) atoms. The van der Waals surface area contributed by atoms with Crippen molar-refractivity contribution in [1.82, 2.24) is 9.57 Å². The van der Waals surface area contributed by atoms with E-state index in [1.54, 1.807) is 10.9 Å². The fourth-order valence-electron chi connectivity index (χ4n) is 1.90. The van der Waals surface area contributed by atoms with Crippen LogP contribution < -0.4 is 0 Å². The molecule has 1 fully saturated rings. The van der Waals surface area contributed by atoms with Crippen LogP contribution in [0.4, 0.5) is 0 Å². The second-order valence-corrected chi connectivity index (χ2v) is 9.33. The molecule has 0 spiro atoms. The monoisotopic (exact) mass is 318 g/mol. The third-order valence-corrected chi connectivity index (χ3v) is 8.36. The molecule has 0 N–H and O–H groups in total. The Balaban J connectivity index is 3.08. The number of aliphatic imine (C=N–C) groups is 1. The van der Waals surface area contributed by atoms with Crippen LogP contribution in [0.3, 0.4) is 0 Å². The lowest BCUT2D eigenvalue weighted by Gasteiger charge is -2.40. The average molecular weight is 318 g/mol. The maximum absolute atomic E-state index is 13.2. The molecule has 0 aliphatic carbocycles. The first-order valence-electron chi connectivity index (χ1n) is 6.87. The van der Waals surface area contributed by atoms with Crippen molar-refractivity contribution in [2.24, 2.45) is 4.99 Å². The van der Waals surface area contributed by atoms with Crippen molar-refractivity contribution >= 4 is 24.1 Å². The van der Waals surface area contributed by atoms with E-state index < -0.39 is 6.72 Å². The Bertz CT molecular complexity index is 438. The second kappa shape index (κ2) is 7.92. The minimum absolute atomic E-state index is 0.225. The summed E-state index contributed by atoms with van der Waals surface area (Å²) in [5.41, 5.74) is 0. The zero-order valence-electron chi connectivity index (χ0n) is 12.6. The summed E-state index contributed by atoms with van der Waals surface area (Å²) in [4.78, 5) is 5.69. The fourth-order valence-corrected chi connectivity index (χ4v) is 7.06. The van der Waals surface area contributed by atoms with Gasteiger partial charge in [0.2, 0.25) is 12.2 Å². The van der Waals surface area contributed by atoms with Crippen LogP contribution in [0, 0.1) is 11.5 Å². The normalized spacial score (nSPS) is 22.4. The van der Waals surface area contributed by atoms with Crippen molar-refractivity contribution in [3.05, 3.63) is 0 Å². The Morgan fingerprint density at radius 1 is 1.55 bits per heavy atom. The number of nitriles is 1. The minimum Gasteiger partial charge on any atom is -0.345 e. The molecule has 2 atom stereocenters. The molecule has 0 aromatic carbocycles. The second-order valence-electron chi connectivity index (χ2n) is 4.62. The Hall–Kier alpha value is -0.700. The van der Waals surface area contributed by atoms with E-state index in [0.29, 0.717) is 19.1 Å². The summed E-state index contributed by atoms with van der Waals surface area (Å²) < 4.78 is 20.5. The van der Waals surface area contributed by atoms with Crippen LogP contribution in [0.15, 0.2) is 4.99 Å².